The van der Waals surface area contributed by atoms with Gasteiger partial charge in [-0.3, -0.25) is 0 Å². The molecule has 1 heteroatoms. The lowest BCUT2D eigenvalue weighted by atomic mass is 10.1. The van der Waals surface area contributed by atoms with Crippen molar-refractivity contribution in [2.45, 2.75) is 65.2 Å². The second kappa shape index (κ2) is 13.1. The molecular formula is C16H28O. The van der Waals surface area contributed by atoms with Gasteiger partial charge in [0.2, 0.25) is 0 Å². The summed E-state index contributed by atoms with van der Waals surface area (Å²) < 4.78 is 0. The van der Waals surface area contributed by atoms with Gasteiger partial charge in [0, 0.05) is 0 Å². The molecule has 0 spiro atoms. The fourth-order valence-electron chi connectivity index (χ4n) is 1.64. The van der Waals surface area contributed by atoms with E-state index in [1.807, 2.05) is 6.07 Å². The van der Waals surface area contributed by atoms with Crippen molar-refractivity contribution in [2.24, 2.45) is 0 Å². The topological polar surface area (TPSA) is 20.2 Å². The van der Waals surface area contributed by atoms with E-state index >= 15 is 0 Å². The number of unbranched alkanes of at least 4 members (excludes halogenated alkanes) is 7. The summed E-state index contributed by atoms with van der Waals surface area (Å²) in [6, 6.07) is 8.71. The Balaban J connectivity index is 0.000000318. The number of hydrogen-bond donors (Lipinski definition) is 1. The van der Waals surface area contributed by atoms with Gasteiger partial charge in [-0.25, -0.2) is 0 Å². The minimum Gasteiger partial charge on any atom is -0.508 e. The summed E-state index contributed by atoms with van der Waals surface area (Å²) in [6.07, 6.45) is 11.5. The lowest BCUT2D eigenvalue weighted by Gasteiger charge is -1.97. The fraction of sp³-hybridized carbons (Fsp3) is 0.625. The molecule has 0 bridgehead atoms. The molecule has 0 aliphatic carbocycles. The van der Waals surface area contributed by atoms with Crippen LogP contribution in [0.4, 0.5) is 0 Å². The maximum atomic E-state index is 8.63. The van der Waals surface area contributed by atoms with E-state index in [0.717, 1.165) is 0 Å². The minimum atomic E-state index is 0.322. The summed E-state index contributed by atoms with van der Waals surface area (Å²) in [7, 11) is 0. The van der Waals surface area contributed by atoms with Gasteiger partial charge >= 0.3 is 0 Å². The normalized spacial score (nSPS) is 9.53. The van der Waals surface area contributed by atoms with Crippen LogP contribution in [0.3, 0.4) is 0 Å². The Labute approximate surface area is 107 Å². The molecule has 0 saturated heterocycles. The van der Waals surface area contributed by atoms with Crippen molar-refractivity contribution in [3.63, 3.8) is 0 Å². The van der Waals surface area contributed by atoms with Crippen molar-refractivity contribution in [2.75, 3.05) is 0 Å². The van der Waals surface area contributed by atoms with Gasteiger partial charge in [0.05, 0.1) is 0 Å². The molecule has 0 heterocycles. The number of hydrogen-bond acceptors (Lipinski definition) is 1. The van der Waals surface area contributed by atoms with Gasteiger partial charge in [0.25, 0.3) is 0 Å². The molecule has 0 atom stereocenters. The number of benzene rings is 1. The quantitative estimate of drug-likeness (QED) is 0.616. The lowest BCUT2D eigenvalue weighted by molar-refractivity contribution is 0.475. The molecule has 1 N–H and O–H groups in total. The van der Waals surface area contributed by atoms with Crippen molar-refractivity contribution >= 4 is 0 Å². The molecule has 0 unspecified atom stereocenters. The predicted molar refractivity (Wildman–Crippen MR) is 76.4 cm³/mol. The summed E-state index contributed by atoms with van der Waals surface area (Å²) in [5.41, 5.74) is 0. The van der Waals surface area contributed by atoms with Crippen LogP contribution in [0.5, 0.6) is 5.75 Å². The first-order chi connectivity index (χ1) is 8.31. The van der Waals surface area contributed by atoms with Gasteiger partial charge in [0.15, 0.2) is 0 Å². The van der Waals surface area contributed by atoms with Crippen LogP contribution < -0.4 is 0 Å². The van der Waals surface area contributed by atoms with Gasteiger partial charge in [-0.2, -0.15) is 0 Å². The van der Waals surface area contributed by atoms with Crippen LogP contribution in [0.15, 0.2) is 30.3 Å². The molecule has 0 aromatic heterocycles. The highest BCUT2D eigenvalue weighted by molar-refractivity contribution is 5.18. The van der Waals surface area contributed by atoms with Crippen LogP contribution in [0.25, 0.3) is 0 Å². The average molecular weight is 236 g/mol. The molecule has 0 aliphatic heterocycles. The summed E-state index contributed by atoms with van der Waals surface area (Å²) in [4.78, 5) is 0. The molecule has 0 aliphatic rings. The average Bonchev–Trinajstić information content (AvgIpc) is 2.35. The number of para-hydroxylation sites is 1. The van der Waals surface area contributed by atoms with Gasteiger partial charge in [-0.15, -0.1) is 0 Å². The first-order valence-electron chi connectivity index (χ1n) is 7.05. The maximum Gasteiger partial charge on any atom is 0.115 e. The molecule has 0 amide bonds. The Kier molecular flexibility index (Phi) is 12.3. The monoisotopic (exact) mass is 236 g/mol. The third-order valence-electron chi connectivity index (χ3n) is 2.71. The largest absolute Gasteiger partial charge is 0.508 e. The predicted octanol–water partition coefficient (Wildman–Crippen LogP) is 5.54. The van der Waals surface area contributed by atoms with E-state index in [-0.39, 0.29) is 0 Å². The molecule has 1 nitrogen and oxygen atoms in total. The van der Waals surface area contributed by atoms with Crippen LogP contribution >= 0.6 is 0 Å². The van der Waals surface area contributed by atoms with Crippen LogP contribution in [0.1, 0.15) is 65.2 Å². The van der Waals surface area contributed by atoms with E-state index < -0.39 is 0 Å². The standard InChI is InChI=1S/C10H22.C6H6O/c1-3-5-7-9-10-8-6-4-2;7-6-4-2-1-3-5-6/h3-10H2,1-2H3;1-5,7H. The third kappa shape index (κ3) is 13.0. The highest BCUT2D eigenvalue weighted by Gasteiger charge is 1.87. The van der Waals surface area contributed by atoms with Gasteiger partial charge in [0.1, 0.15) is 5.75 Å². The van der Waals surface area contributed by atoms with Crippen molar-refractivity contribution in [1.29, 1.82) is 0 Å². The summed E-state index contributed by atoms with van der Waals surface area (Å²) in [5.74, 6) is 0.322. The number of phenols is 1. The van der Waals surface area contributed by atoms with E-state index in [4.69, 9.17) is 5.11 Å². The van der Waals surface area contributed by atoms with Crippen molar-refractivity contribution in [3.8, 4) is 5.75 Å². The second-order valence-corrected chi connectivity index (χ2v) is 4.46. The molecule has 17 heavy (non-hydrogen) atoms. The Bertz CT molecular complexity index is 223. The zero-order valence-corrected chi connectivity index (χ0v) is 11.5. The van der Waals surface area contributed by atoms with Crippen LogP contribution in [-0.2, 0) is 0 Å². The molecule has 0 fully saturated rings. The first-order valence-corrected chi connectivity index (χ1v) is 7.05. The third-order valence-corrected chi connectivity index (χ3v) is 2.71. The molecule has 0 saturated carbocycles. The first kappa shape index (κ1) is 16.0. The van der Waals surface area contributed by atoms with Gasteiger partial charge in [-0.05, 0) is 12.1 Å². The summed E-state index contributed by atoms with van der Waals surface area (Å²) in [6.45, 7) is 4.54. The van der Waals surface area contributed by atoms with Crippen LogP contribution in [0, 0.1) is 0 Å². The van der Waals surface area contributed by atoms with Gasteiger partial charge < -0.3 is 5.11 Å². The molecule has 1 aromatic carbocycles. The Morgan fingerprint density at radius 3 is 1.41 bits per heavy atom. The zero-order chi connectivity index (χ0) is 12.8. The molecule has 0 radical (unpaired) electrons. The second-order valence-electron chi connectivity index (χ2n) is 4.46. The zero-order valence-electron chi connectivity index (χ0n) is 11.5. The Morgan fingerprint density at radius 1 is 0.706 bits per heavy atom. The van der Waals surface area contributed by atoms with E-state index in [9.17, 15) is 0 Å². The van der Waals surface area contributed by atoms with E-state index in [1.165, 1.54) is 51.4 Å². The summed E-state index contributed by atoms with van der Waals surface area (Å²) in [5, 5.41) is 8.63. The van der Waals surface area contributed by atoms with Crippen molar-refractivity contribution in [3.05, 3.63) is 30.3 Å². The highest BCUT2D eigenvalue weighted by atomic mass is 16.3. The molecule has 1 aromatic rings. The molecule has 1 rings (SSSR count). The minimum absolute atomic E-state index is 0.322. The number of aromatic hydroxyl groups is 1. The van der Waals surface area contributed by atoms with Crippen molar-refractivity contribution in [1.82, 2.24) is 0 Å². The summed E-state index contributed by atoms with van der Waals surface area (Å²) >= 11 is 0. The Hall–Kier alpha value is -0.980. The number of phenolic OH excluding ortho intramolecular Hbond substituents is 1. The molecular weight excluding hydrogens is 208 g/mol. The number of rotatable bonds is 7. The molecule has 98 valence electrons. The fourth-order valence-corrected chi connectivity index (χ4v) is 1.64. The van der Waals surface area contributed by atoms with E-state index in [0.29, 0.717) is 5.75 Å². The van der Waals surface area contributed by atoms with Gasteiger partial charge in [-0.1, -0.05) is 83.4 Å². The Morgan fingerprint density at radius 2 is 1.12 bits per heavy atom. The SMILES string of the molecule is CCCCCCCCCC.Oc1ccccc1. The maximum absolute atomic E-state index is 8.63. The van der Waals surface area contributed by atoms with Crippen LogP contribution in [0.2, 0.25) is 0 Å². The van der Waals surface area contributed by atoms with Crippen molar-refractivity contribution < 1.29 is 5.11 Å². The highest BCUT2D eigenvalue weighted by Crippen LogP contribution is 2.07. The lowest BCUT2D eigenvalue weighted by Crippen LogP contribution is -1.77. The van der Waals surface area contributed by atoms with E-state index in [1.54, 1.807) is 24.3 Å². The smallest absolute Gasteiger partial charge is 0.115 e. The van der Waals surface area contributed by atoms with Crippen LogP contribution in [-0.4, -0.2) is 5.11 Å². The van der Waals surface area contributed by atoms with E-state index in [2.05, 4.69) is 13.8 Å².